The Morgan fingerprint density at radius 1 is 1.60 bits per heavy atom. The third kappa shape index (κ3) is 3.91. The number of carbonyl (C=O) groups excluding carboxylic acids is 1. The molecular weight excluding hydrogens is 272 g/mol. The Morgan fingerprint density at radius 2 is 2.40 bits per heavy atom. The van der Waals surface area contributed by atoms with Crippen LogP contribution in [0.2, 0.25) is 0 Å². The van der Waals surface area contributed by atoms with Crippen molar-refractivity contribution in [1.82, 2.24) is 20.0 Å². The van der Waals surface area contributed by atoms with Gasteiger partial charge >= 0.3 is 6.03 Å². The van der Waals surface area contributed by atoms with Gasteiger partial charge in [0.25, 0.3) is 0 Å². The number of aryl methyl sites for hydroxylation is 1. The van der Waals surface area contributed by atoms with Crippen LogP contribution in [0.5, 0.6) is 0 Å². The minimum Gasteiger partial charge on any atom is -0.334 e. The van der Waals surface area contributed by atoms with Gasteiger partial charge < -0.3 is 10.2 Å². The Kier molecular flexibility index (Phi) is 5.34. The molecule has 20 heavy (non-hydrogen) atoms. The van der Waals surface area contributed by atoms with Crippen LogP contribution in [0.4, 0.5) is 4.79 Å². The molecule has 1 aliphatic rings. The number of hydrogen-bond acceptors (Lipinski definition) is 3. The lowest BCUT2D eigenvalue weighted by Gasteiger charge is -2.24. The molecule has 1 N–H and O–H groups in total. The molecular formula is C14H24N4OS. The largest absolute Gasteiger partial charge is 0.334 e. The van der Waals surface area contributed by atoms with E-state index in [0.717, 1.165) is 29.4 Å². The first-order chi connectivity index (χ1) is 9.60. The molecule has 0 saturated heterocycles. The third-order valence-corrected chi connectivity index (χ3v) is 5.06. The van der Waals surface area contributed by atoms with Crippen molar-refractivity contribution in [2.24, 2.45) is 7.05 Å². The predicted octanol–water partition coefficient (Wildman–Crippen LogP) is 2.24. The molecule has 0 bridgehead atoms. The van der Waals surface area contributed by atoms with Gasteiger partial charge in [0.2, 0.25) is 0 Å². The van der Waals surface area contributed by atoms with Gasteiger partial charge in [-0.25, -0.2) is 4.79 Å². The van der Waals surface area contributed by atoms with Crippen LogP contribution >= 0.6 is 11.8 Å². The molecule has 1 aromatic heterocycles. The van der Waals surface area contributed by atoms with E-state index in [4.69, 9.17) is 0 Å². The van der Waals surface area contributed by atoms with Gasteiger partial charge in [-0.3, -0.25) is 4.68 Å². The van der Waals surface area contributed by atoms with E-state index >= 15 is 0 Å². The molecule has 2 atom stereocenters. The SMILES string of the molecule is CCS[C@@H]1CC[C@@H](N(C)C(=O)NCc2cnn(C)c2)C1. The summed E-state index contributed by atoms with van der Waals surface area (Å²) in [6.45, 7) is 2.74. The number of carbonyl (C=O) groups is 1. The monoisotopic (exact) mass is 296 g/mol. The number of nitrogens with one attached hydrogen (secondary N) is 1. The maximum absolute atomic E-state index is 12.2. The summed E-state index contributed by atoms with van der Waals surface area (Å²) in [5.74, 6) is 1.16. The summed E-state index contributed by atoms with van der Waals surface area (Å²) in [6.07, 6.45) is 7.17. The van der Waals surface area contributed by atoms with E-state index in [1.165, 1.54) is 6.42 Å². The Morgan fingerprint density at radius 3 is 3.05 bits per heavy atom. The van der Waals surface area contributed by atoms with Crippen molar-refractivity contribution >= 4 is 17.8 Å². The first-order valence-electron chi connectivity index (χ1n) is 7.20. The third-order valence-electron chi connectivity index (χ3n) is 3.83. The number of amides is 2. The van der Waals surface area contributed by atoms with E-state index in [1.54, 1.807) is 10.9 Å². The lowest BCUT2D eigenvalue weighted by molar-refractivity contribution is 0.190. The van der Waals surface area contributed by atoms with Crippen molar-refractivity contribution < 1.29 is 4.79 Å². The Bertz CT molecular complexity index is 448. The van der Waals surface area contributed by atoms with Crippen LogP contribution < -0.4 is 5.32 Å². The Labute approximate surface area is 125 Å². The molecule has 1 fully saturated rings. The van der Waals surface area contributed by atoms with Gasteiger partial charge in [-0.15, -0.1) is 0 Å². The van der Waals surface area contributed by atoms with E-state index in [9.17, 15) is 4.79 Å². The summed E-state index contributed by atoms with van der Waals surface area (Å²) in [6, 6.07) is 0.397. The van der Waals surface area contributed by atoms with Crippen LogP contribution in [-0.2, 0) is 13.6 Å². The number of rotatable bonds is 5. The lowest BCUT2D eigenvalue weighted by atomic mass is 10.2. The maximum atomic E-state index is 12.2. The molecule has 5 nitrogen and oxygen atoms in total. The fraction of sp³-hybridized carbons (Fsp3) is 0.714. The molecule has 2 amide bonds. The first kappa shape index (κ1) is 15.2. The van der Waals surface area contributed by atoms with Crippen LogP contribution in [0, 0.1) is 0 Å². The summed E-state index contributed by atoms with van der Waals surface area (Å²) >= 11 is 2.02. The molecule has 1 aliphatic carbocycles. The zero-order valence-electron chi connectivity index (χ0n) is 12.5. The van der Waals surface area contributed by atoms with Gasteiger partial charge in [0, 0.05) is 43.7 Å². The van der Waals surface area contributed by atoms with Gasteiger partial charge in [0.1, 0.15) is 0 Å². The number of thioether (sulfide) groups is 1. The van der Waals surface area contributed by atoms with Gasteiger partial charge in [0.05, 0.1) is 6.20 Å². The molecule has 112 valence electrons. The van der Waals surface area contributed by atoms with E-state index in [2.05, 4.69) is 17.3 Å². The average Bonchev–Trinajstić information content (AvgIpc) is 3.05. The zero-order valence-corrected chi connectivity index (χ0v) is 13.3. The highest BCUT2D eigenvalue weighted by atomic mass is 32.2. The Hall–Kier alpha value is -1.17. The lowest BCUT2D eigenvalue weighted by Crippen LogP contribution is -2.42. The molecule has 1 saturated carbocycles. The summed E-state index contributed by atoms with van der Waals surface area (Å²) in [5.41, 5.74) is 1.03. The van der Waals surface area contributed by atoms with Crippen molar-refractivity contribution in [2.75, 3.05) is 12.8 Å². The van der Waals surface area contributed by atoms with E-state index in [-0.39, 0.29) is 6.03 Å². The first-order valence-corrected chi connectivity index (χ1v) is 8.24. The van der Waals surface area contributed by atoms with Gasteiger partial charge in [-0.1, -0.05) is 6.92 Å². The highest BCUT2D eigenvalue weighted by Gasteiger charge is 2.29. The molecule has 2 rings (SSSR count). The molecule has 1 aromatic rings. The van der Waals surface area contributed by atoms with Crippen LogP contribution in [0.1, 0.15) is 31.7 Å². The topological polar surface area (TPSA) is 50.2 Å². The molecule has 0 radical (unpaired) electrons. The summed E-state index contributed by atoms with van der Waals surface area (Å²) in [7, 11) is 3.78. The van der Waals surface area contributed by atoms with Crippen LogP contribution in [0.25, 0.3) is 0 Å². The zero-order chi connectivity index (χ0) is 14.5. The average molecular weight is 296 g/mol. The second-order valence-electron chi connectivity index (χ2n) is 5.34. The summed E-state index contributed by atoms with van der Waals surface area (Å²) < 4.78 is 1.74. The fourth-order valence-corrected chi connectivity index (χ4v) is 3.82. The predicted molar refractivity (Wildman–Crippen MR) is 82.8 cm³/mol. The summed E-state index contributed by atoms with van der Waals surface area (Å²) in [4.78, 5) is 14.0. The van der Waals surface area contributed by atoms with E-state index in [0.29, 0.717) is 12.6 Å². The molecule has 0 spiro atoms. The molecule has 0 aliphatic heterocycles. The molecule has 1 heterocycles. The normalized spacial score (nSPS) is 21.9. The smallest absolute Gasteiger partial charge is 0.317 e. The highest BCUT2D eigenvalue weighted by molar-refractivity contribution is 7.99. The number of hydrogen-bond donors (Lipinski definition) is 1. The van der Waals surface area contributed by atoms with E-state index in [1.807, 2.05) is 37.0 Å². The fourth-order valence-electron chi connectivity index (χ4n) is 2.69. The van der Waals surface area contributed by atoms with Gasteiger partial charge in [0.15, 0.2) is 0 Å². The molecule has 6 heteroatoms. The summed E-state index contributed by atoms with van der Waals surface area (Å²) in [5, 5.41) is 7.78. The van der Waals surface area contributed by atoms with Crippen molar-refractivity contribution in [2.45, 2.75) is 44.0 Å². The maximum Gasteiger partial charge on any atom is 0.317 e. The quantitative estimate of drug-likeness (QED) is 0.906. The minimum absolute atomic E-state index is 0.0148. The minimum atomic E-state index is 0.0148. The van der Waals surface area contributed by atoms with Crippen molar-refractivity contribution in [1.29, 1.82) is 0 Å². The van der Waals surface area contributed by atoms with Crippen LogP contribution in [-0.4, -0.2) is 44.8 Å². The Balaban J connectivity index is 1.77. The van der Waals surface area contributed by atoms with Crippen LogP contribution in [0.15, 0.2) is 12.4 Å². The van der Waals surface area contributed by atoms with Gasteiger partial charge in [-0.2, -0.15) is 16.9 Å². The number of urea groups is 1. The van der Waals surface area contributed by atoms with E-state index < -0.39 is 0 Å². The standard InChI is InChI=1S/C14H24N4OS/c1-4-20-13-6-5-12(7-13)18(3)14(19)15-8-11-9-16-17(2)10-11/h9-10,12-13H,4-8H2,1-3H3,(H,15,19)/t12-,13-/m1/s1. The number of aromatic nitrogens is 2. The van der Waals surface area contributed by atoms with Crippen molar-refractivity contribution in [3.05, 3.63) is 18.0 Å². The second-order valence-corrected chi connectivity index (χ2v) is 6.91. The number of nitrogens with zero attached hydrogens (tertiary/aromatic N) is 3. The second kappa shape index (κ2) is 7.02. The van der Waals surface area contributed by atoms with Crippen molar-refractivity contribution in [3.8, 4) is 0 Å². The van der Waals surface area contributed by atoms with Crippen molar-refractivity contribution in [3.63, 3.8) is 0 Å². The molecule has 0 unspecified atom stereocenters. The molecule has 0 aromatic carbocycles. The van der Waals surface area contributed by atoms with Crippen LogP contribution in [0.3, 0.4) is 0 Å². The van der Waals surface area contributed by atoms with Gasteiger partial charge in [-0.05, 0) is 25.0 Å². The highest BCUT2D eigenvalue weighted by Crippen LogP contribution is 2.32.